The Morgan fingerprint density at radius 3 is 2.86 bits per heavy atom. The van der Waals surface area contributed by atoms with E-state index in [1.54, 1.807) is 12.1 Å². The van der Waals surface area contributed by atoms with Gasteiger partial charge in [-0.1, -0.05) is 12.1 Å². The summed E-state index contributed by atoms with van der Waals surface area (Å²) in [4.78, 5) is 11.8. The predicted molar refractivity (Wildman–Crippen MR) is 79.0 cm³/mol. The van der Waals surface area contributed by atoms with E-state index in [0.29, 0.717) is 5.75 Å². The molecule has 2 aromatic carbocycles. The highest BCUT2D eigenvalue weighted by molar-refractivity contribution is 5.92. The first-order valence-corrected chi connectivity index (χ1v) is 7.01. The Morgan fingerprint density at radius 1 is 1.14 bits per heavy atom. The normalized spacial score (nSPS) is 12.8. The largest absolute Gasteiger partial charge is 0.484 e. The molecule has 1 aliphatic rings. The monoisotopic (exact) mass is 285 g/mol. The van der Waals surface area contributed by atoms with Crippen molar-refractivity contribution in [1.82, 2.24) is 0 Å². The van der Waals surface area contributed by atoms with Gasteiger partial charge in [0.1, 0.15) is 11.6 Å². The minimum atomic E-state index is -0.383. The molecule has 0 heterocycles. The van der Waals surface area contributed by atoms with Gasteiger partial charge < -0.3 is 10.1 Å². The first-order valence-electron chi connectivity index (χ1n) is 7.01. The van der Waals surface area contributed by atoms with Gasteiger partial charge in [-0.25, -0.2) is 4.39 Å². The number of ether oxygens (including phenoxy) is 1. The fourth-order valence-electron chi connectivity index (χ4n) is 2.55. The Hall–Kier alpha value is -2.36. The number of benzene rings is 2. The smallest absolute Gasteiger partial charge is 0.262 e. The average Bonchev–Trinajstić information content (AvgIpc) is 2.93. The van der Waals surface area contributed by atoms with Crippen LogP contribution in [0.5, 0.6) is 5.75 Å². The van der Waals surface area contributed by atoms with Crippen molar-refractivity contribution in [1.29, 1.82) is 0 Å². The number of amides is 1. The number of fused-ring (bicyclic) bond motifs is 1. The lowest BCUT2D eigenvalue weighted by molar-refractivity contribution is -0.118. The van der Waals surface area contributed by atoms with Gasteiger partial charge in [-0.3, -0.25) is 4.79 Å². The second-order valence-electron chi connectivity index (χ2n) is 5.13. The molecule has 4 heteroatoms. The third kappa shape index (κ3) is 3.40. The van der Waals surface area contributed by atoms with E-state index < -0.39 is 0 Å². The Kier molecular flexibility index (Phi) is 3.86. The zero-order chi connectivity index (χ0) is 14.7. The molecule has 0 unspecified atom stereocenters. The van der Waals surface area contributed by atoms with Gasteiger partial charge in [0.2, 0.25) is 0 Å². The van der Waals surface area contributed by atoms with Crippen LogP contribution in [0.3, 0.4) is 0 Å². The van der Waals surface area contributed by atoms with Crippen LogP contribution in [-0.2, 0) is 17.6 Å². The molecule has 0 saturated heterocycles. The number of nitrogens with one attached hydrogen (secondary N) is 1. The highest BCUT2D eigenvalue weighted by atomic mass is 19.1. The molecule has 3 rings (SSSR count). The van der Waals surface area contributed by atoms with E-state index in [-0.39, 0.29) is 18.3 Å². The van der Waals surface area contributed by atoms with Crippen molar-refractivity contribution in [2.24, 2.45) is 0 Å². The van der Waals surface area contributed by atoms with E-state index in [1.165, 1.54) is 29.7 Å². The molecule has 108 valence electrons. The van der Waals surface area contributed by atoms with Crippen LogP contribution in [0.25, 0.3) is 0 Å². The second-order valence-corrected chi connectivity index (χ2v) is 5.13. The van der Waals surface area contributed by atoms with Gasteiger partial charge in [0.25, 0.3) is 5.91 Å². The van der Waals surface area contributed by atoms with Gasteiger partial charge >= 0.3 is 0 Å². The SMILES string of the molecule is O=C(COc1cccc(F)c1)Nc1ccc2c(c1)CCC2. The molecule has 0 radical (unpaired) electrons. The van der Waals surface area contributed by atoms with Crippen LogP contribution in [0, 0.1) is 5.82 Å². The maximum atomic E-state index is 13.0. The summed E-state index contributed by atoms with van der Waals surface area (Å²) in [5.41, 5.74) is 3.45. The van der Waals surface area contributed by atoms with Crippen LogP contribution in [0.15, 0.2) is 42.5 Å². The standard InChI is InChI=1S/C17H16FNO2/c18-14-5-2-6-16(10-14)21-11-17(20)19-15-8-7-12-3-1-4-13(12)9-15/h2,5-10H,1,3-4,11H2,(H,19,20). The minimum Gasteiger partial charge on any atom is -0.484 e. The van der Waals surface area contributed by atoms with Gasteiger partial charge in [0.15, 0.2) is 6.61 Å². The fourth-order valence-corrected chi connectivity index (χ4v) is 2.55. The lowest BCUT2D eigenvalue weighted by atomic mass is 10.1. The van der Waals surface area contributed by atoms with Gasteiger partial charge in [-0.15, -0.1) is 0 Å². The number of hydrogen-bond donors (Lipinski definition) is 1. The summed E-state index contributed by atoms with van der Waals surface area (Å²) >= 11 is 0. The van der Waals surface area contributed by atoms with Crippen LogP contribution >= 0.6 is 0 Å². The third-order valence-corrected chi connectivity index (χ3v) is 3.55. The van der Waals surface area contributed by atoms with E-state index in [2.05, 4.69) is 11.4 Å². The maximum Gasteiger partial charge on any atom is 0.262 e. The summed E-state index contributed by atoms with van der Waals surface area (Å²) in [7, 11) is 0. The molecule has 0 aromatic heterocycles. The summed E-state index contributed by atoms with van der Waals surface area (Å²) in [6.45, 7) is -0.138. The summed E-state index contributed by atoms with van der Waals surface area (Å²) < 4.78 is 18.2. The predicted octanol–water partition coefficient (Wildman–Crippen LogP) is 3.33. The molecule has 0 aliphatic heterocycles. The molecule has 2 aromatic rings. The number of anilines is 1. The number of rotatable bonds is 4. The lowest BCUT2D eigenvalue weighted by Crippen LogP contribution is -2.20. The molecule has 21 heavy (non-hydrogen) atoms. The van der Waals surface area contributed by atoms with E-state index in [4.69, 9.17) is 4.74 Å². The van der Waals surface area contributed by atoms with Gasteiger partial charge in [0, 0.05) is 11.8 Å². The summed E-state index contributed by atoms with van der Waals surface area (Å²) in [5.74, 6) is -0.289. The van der Waals surface area contributed by atoms with Crippen molar-refractivity contribution in [2.75, 3.05) is 11.9 Å². The van der Waals surface area contributed by atoms with Crippen molar-refractivity contribution in [3.8, 4) is 5.75 Å². The molecule has 3 nitrogen and oxygen atoms in total. The Labute approximate surface area is 122 Å². The lowest BCUT2D eigenvalue weighted by Gasteiger charge is -2.09. The molecule has 0 fully saturated rings. The number of hydrogen-bond acceptors (Lipinski definition) is 2. The quantitative estimate of drug-likeness (QED) is 0.935. The maximum absolute atomic E-state index is 13.0. The summed E-state index contributed by atoms with van der Waals surface area (Å²) in [6, 6.07) is 11.7. The Bertz CT molecular complexity index is 670. The molecule has 1 amide bonds. The van der Waals surface area contributed by atoms with Crippen LogP contribution in [0.4, 0.5) is 10.1 Å². The van der Waals surface area contributed by atoms with Crippen molar-refractivity contribution >= 4 is 11.6 Å². The first-order chi connectivity index (χ1) is 10.2. The number of carbonyl (C=O) groups excluding carboxylic acids is 1. The number of halogens is 1. The van der Waals surface area contributed by atoms with Crippen LogP contribution in [0.2, 0.25) is 0 Å². The minimum absolute atomic E-state index is 0.138. The van der Waals surface area contributed by atoms with E-state index in [9.17, 15) is 9.18 Å². The number of carbonyl (C=O) groups is 1. The first kappa shape index (κ1) is 13.6. The molecular weight excluding hydrogens is 269 g/mol. The number of aryl methyl sites for hydroxylation is 2. The van der Waals surface area contributed by atoms with E-state index in [1.807, 2.05) is 12.1 Å². The van der Waals surface area contributed by atoms with Crippen LogP contribution in [-0.4, -0.2) is 12.5 Å². The van der Waals surface area contributed by atoms with Crippen LogP contribution in [0.1, 0.15) is 17.5 Å². The van der Waals surface area contributed by atoms with Crippen molar-refractivity contribution in [2.45, 2.75) is 19.3 Å². The van der Waals surface area contributed by atoms with E-state index in [0.717, 1.165) is 18.5 Å². The zero-order valence-electron chi connectivity index (χ0n) is 11.6. The van der Waals surface area contributed by atoms with Gasteiger partial charge in [-0.05, 0) is 54.7 Å². The highest BCUT2D eigenvalue weighted by Crippen LogP contribution is 2.24. The van der Waals surface area contributed by atoms with Crippen molar-refractivity contribution in [3.05, 3.63) is 59.4 Å². The molecule has 0 bridgehead atoms. The van der Waals surface area contributed by atoms with E-state index >= 15 is 0 Å². The molecule has 0 atom stereocenters. The molecule has 1 N–H and O–H groups in total. The second kappa shape index (κ2) is 5.95. The Balaban J connectivity index is 1.57. The van der Waals surface area contributed by atoms with Gasteiger partial charge in [0.05, 0.1) is 0 Å². The van der Waals surface area contributed by atoms with Crippen LogP contribution < -0.4 is 10.1 Å². The average molecular weight is 285 g/mol. The summed E-state index contributed by atoms with van der Waals surface area (Å²) in [5, 5.41) is 2.80. The molecule has 0 saturated carbocycles. The zero-order valence-corrected chi connectivity index (χ0v) is 11.6. The summed E-state index contributed by atoms with van der Waals surface area (Å²) in [6.07, 6.45) is 3.36. The van der Waals surface area contributed by atoms with Crippen molar-refractivity contribution in [3.63, 3.8) is 0 Å². The molecular formula is C17H16FNO2. The fraction of sp³-hybridized carbons (Fsp3) is 0.235. The third-order valence-electron chi connectivity index (χ3n) is 3.55. The topological polar surface area (TPSA) is 38.3 Å². The Morgan fingerprint density at radius 2 is 2.00 bits per heavy atom. The molecule has 0 spiro atoms. The van der Waals surface area contributed by atoms with Crippen molar-refractivity contribution < 1.29 is 13.9 Å². The highest BCUT2D eigenvalue weighted by Gasteiger charge is 2.12. The molecule has 1 aliphatic carbocycles. The van der Waals surface area contributed by atoms with Gasteiger partial charge in [-0.2, -0.15) is 0 Å².